The van der Waals surface area contributed by atoms with Crippen molar-refractivity contribution in [3.05, 3.63) is 63.0 Å². The Hall–Kier alpha value is -0.780. The lowest BCUT2D eigenvalue weighted by molar-refractivity contribution is -0.115. The van der Waals surface area contributed by atoms with Crippen molar-refractivity contribution in [3.63, 3.8) is 0 Å². The summed E-state index contributed by atoms with van der Waals surface area (Å²) in [5.74, 6) is 0.843. The lowest BCUT2D eigenvalue weighted by Crippen LogP contribution is -2.22. The van der Waals surface area contributed by atoms with Gasteiger partial charge in [0.05, 0.1) is 10.9 Å². The molecule has 2 aromatic carbocycles. The monoisotopic (exact) mass is 427 g/mol. The van der Waals surface area contributed by atoms with Gasteiger partial charge < -0.3 is 5.32 Å². The first-order chi connectivity index (χ1) is 10.1. The smallest absolute Gasteiger partial charge is 0.237 e. The molecule has 0 radical (unpaired) electrons. The number of amides is 1. The van der Waals surface area contributed by atoms with Gasteiger partial charge in [-0.3, -0.25) is 4.79 Å². The molecule has 0 saturated heterocycles. The lowest BCUT2D eigenvalue weighted by Gasteiger charge is -2.13. The molecule has 1 N–H and O–H groups in total. The van der Waals surface area contributed by atoms with E-state index < -0.39 is 0 Å². The first-order valence-corrected chi connectivity index (χ1v) is 9.11. The molecule has 2 nitrogen and oxygen atoms in total. The van der Waals surface area contributed by atoms with Gasteiger partial charge in [0, 0.05) is 14.7 Å². The predicted octanol–water partition coefficient (Wildman–Crippen LogP) is 5.47. The van der Waals surface area contributed by atoms with Crippen molar-refractivity contribution < 1.29 is 4.79 Å². The average Bonchev–Trinajstić information content (AvgIpc) is 2.48. The minimum Gasteiger partial charge on any atom is -0.324 e. The number of carbonyl (C=O) groups excluding carboxylic acids is 1. The van der Waals surface area contributed by atoms with Crippen LogP contribution in [0.15, 0.2) is 57.5 Å². The number of hydrogen-bond acceptors (Lipinski definition) is 2. The van der Waals surface area contributed by atoms with E-state index in [9.17, 15) is 4.79 Å². The molecule has 0 spiro atoms. The van der Waals surface area contributed by atoms with Crippen LogP contribution in [0.25, 0.3) is 0 Å². The van der Waals surface area contributed by atoms with Crippen molar-refractivity contribution in [1.82, 2.24) is 0 Å². The third kappa shape index (κ3) is 5.16. The number of anilines is 1. The van der Waals surface area contributed by atoms with Crippen molar-refractivity contribution in [2.24, 2.45) is 0 Å². The molecule has 2 rings (SSSR count). The summed E-state index contributed by atoms with van der Waals surface area (Å²) in [5.41, 5.74) is 2.02. The topological polar surface area (TPSA) is 29.1 Å². The fourth-order valence-electron chi connectivity index (χ4n) is 1.70. The highest BCUT2D eigenvalue weighted by atomic mass is 79.9. The Morgan fingerprint density at radius 2 is 1.90 bits per heavy atom. The second-order valence-electron chi connectivity index (χ2n) is 4.55. The molecule has 110 valence electrons. The van der Waals surface area contributed by atoms with Gasteiger partial charge in [-0.2, -0.15) is 0 Å². The molecule has 21 heavy (non-hydrogen) atoms. The zero-order valence-electron chi connectivity index (χ0n) is 11.5. The van der Waals surface area contributed by atoms with Crippen LogP contribution in [0, 0.1) is 0 Å². The van der Waals surface area contributed by atoms with E-state index in [0.29, 0.717) is 0 Å². The van der Waals surface area contributed by atoms with Gasteiger partial charge in [-0.05, 0) is 46.6 Å². The molecular formula is C16H15Br2NOS. The highest BCUT2D eigenvalue weighted by molar-refractivity contribution is 9.11. The number of nitrogens with one attached hydrogen (secondary N) is 1. The Kier molecular flexibility index (Phi) is 6.33. The van der Waals surface area contributed by atoms with Crippen LogP contribution in [0.3, 0.4) is 0 Å². The van der Waals surface area contributed by atoms with Crippen LogP contribution >= 0.6 is 43.6 Å². The van der Waals surface area contributed by atoms with Gasteiger partial charge in [0.1, 0.15) is 0 Å². The number of hydrogen-bond donors (Lipinski definition) is 1. The van der Waals surface area contributed by atoms with Gasteiger partial charge >= 0.3 is 0 Å². The van der Waals surface area contributed by atoms with Gasteiger partial charge in [-0.25, -0.2) is 0 Å². The Labute approximate surface area is 146 Å². The van der Waals surface area contributed by atoms with Crippen LogP contribution < -0.4 is 5.32 Å². The number of benzene rings is 2. The van der Waals surface area contributed by atoms with Crippen molar-refractivity contribution in [2.45, 2.75) is 17.9 Å². The number of carbonyl (C=O) groups is 1. The van der Waals surface area contributed by atoms with Gasteiger partial charge in [0.15, 0.2) is 0 Å². The van der Waals surface area contributed by atoms with E-state index in [1.54, 1.807) is 11.8 Å². The zero-order chi connectivity index (χ0) is 15.2. The van der Waals surface area contributed by atoms with Gasteiger partial charge in [-0.15, -0.1) is 11.8 Å². The number of rotatable bonds is 5. The molecule has 0 bridgehead atoms. The van der Waals surface area contributed by atoms with E-state index in [0.717, 1.165) is 20.4 Å². The molecule has 0 heterocycles. The third-order valence-electron chi connectivity index (χ3n) is 2.90. The molecule has 0 aliphatic rings. The molecule has 1 unspecified atom stereocenters. The number of halogens is 2. The molecule has 0 aliphatic heterocycles. The second-order valence-corrected chi connectivity index (χ2v) is 7.65. The molecule has 0 fully saturated rings. The minimum absolute atomic E-state index is 0.0129. The fraction of sp³-hybridized carbons (Fsp3) is 0.188. The van der Waals surface area contributed by atoms with Crippen molar-refractivity contribution in [1.29, 1.82) is 0 Å². The van der Waals surface area contributed by atoms with Crippen molar-refractivity contribution in [3.8, 4) is 0 Å². The van der Waals surface area contributed by atoms with Gasteiger partial charge in [0.25, 0.3) is 0 Å². The Balaban J connectivity index is 1.90. The van der Waals surface area contributed by atoms with Gasteiger partial charge in [-0.1, -0.05) is 46.3 Å². The summed E-state index contributed by atoms with van der Waals surface area (Å²) in [5, 5.41) is 2.84. The van der Waals surface area contributed by atoms with Crippen LogP contribution in [-0.4, -0.2) is 11.2 Å². The van der Waals surface area contributed by atoms with E-state index >= 15 is 0 Å². The van der Waals surface area contributed by atoms with Crippen molar-refractivity contribution in [2.75, 3.05) is 5.32 Å². The molecule has 0 saturated carbocycles. The van der Waals surface area contributed by atoms with Crippen LogP contribution in [0.1, 0.15) is 12.5 Å². The molecule has 1 atom stereocenters. The zero-order valence-corrected chi connectivity index (χ0v) is 15.5. The average molecular weight is 429 g/mol. The van der Waals surface area contributed by atoms with E-state index in [2.05, 4.69) is 49.3 Å². The standard InChI is InChI=1S/C16H15Br2NOS/c1-11(21-10-12-5-3-2-4-6-12)16(20)19-15-8-7-13(17)9-14(15)18/h2-9,11H,10H2,1H3,(H,19,20). The number of thioether (sulfide) groups is 1. The summed E-state index contributed by atoms with van der Waals surface area (Å²) < 4.78 is 1.84. The van der Waals surface area contributed by atoms with Crippen LogP contribution in [0.4, 0.5) is 5.69 Å². The highest BCUT2D eigenvalue weighted by Gasteiger charge is 2.14. The first kappa shape index (κ1) is 16.6. The summed E-state index contributed by atoms with van der Waals surface area (Å²) in [7, 11) is 0. The molecule has 5 heteroatoms. The maximum Gasteiger partial charge on any atom is 0.237 e. The van der Waals surface area contributed by atoms with Gasteiger partial charge in [0.2, 0.25) is 5.91 Å². The Bertz CT molecular complexity index is 619. The van der Waals surface area contributed by atoms with Crippen LogP contribution in [-0.2, 0) is 10.5 Å². The summed E-state index contributed by atoms with van der Waals surface area (Å²) in [6.45, 7) is 1.93. The Morgan fingerprint density at radius 3 is 2.57 bits per heavy atom. The lowest BCUT2D eigenvalue weighted by atomic mass is 10.2. The highest BCUT2D eigenvalue weighted by Crippen LogP contribution is 2.27. The normalized spacial score (nSPS) is 12.0. The van der Waals surface area contributed by atoms with E-state index in [1.807, 2.05) is 43.3 Å². The summed E-state index contributed by atoms with van der Waals surface area (Å²) in [6.07, 6.45) is 0. The Morgan fingerprint density at radius 1 is 1.19 bits per heavy atom. The van der Waals surface area contributed by atoms with Crippen molar-refractivity contribution >= 4 is 55.2 Å². The summed E-state index contributed by atoms with van der Waals surface area (Å²) in [6, 6.07) is 15.9. The van der Waals surface area contributed by atoms with Crippen LogP contribution in [0.2, 0.25) is 0 Å². The third-order valence-corrected chi connectivity index (χ3v) is 5.26. The van der Waals surface area contributed by atoms with E-state index in [1.165, 1.54) is 5.56 Å². The first-order valence-electron chi connectivity index (χ1n) is 6.47. The molecule has 0 aromatic heterocycles. The van der Waals surface area contributed by atoms with Crippen LogP contribution in [0.5, 0.6) is 0 Å². The fourth-order valence-corrected chi connectivity index (χ4v) is 3.69. The molecule has 2 aromatic rings. The molecular weight excluding hydrogens is 414 g/mol. The summed E-state index contributed by atoms with van der Waals surface area (Å²) in [4.78, 5) is 12.2. The molecule has 0 aliphatic carbocycles. The SMILES string of the molecule is CC(SCc1ccccc1)C(=O)Nc1ccc(Br)cc1Br. The second kappa shape index (κ2) is 8.01. The quantitative estimate of drug-likeness (QED) is 0.683. The minimum atomic E-state index is -0.110. The summed E-state index contributed by atoms with van der Waals surface area (Å²) >= 11 is 8.47. The van der Waals surface area contributed by atoms with E-state index in [-0.39, 0.29) is 11.2 Å². The maximum absolute atomic E-state index is 12.2. The molecule has 1 amide bonds. The maximum atomic E-state index is 12.2. The van der Waals surface area contributed by atoms with E-state index in [4.69, 9.17) is 0 Å². The predicted molar refractivity (Wildman–Crippen MR) is 97.7 cm³/mol. The largest absolute Gasteiger partial charge is 0.324 e.